The van der Waals surface area contributed by atoms with Crippen LogP contribution in [-0.4, -0.2) is 54.1 Å². The summed E-state index contributed by atoms with van der Waals surface area (Å²) in [7, 11) is 1.84. The van der Waals surface area contributed by atoms with Crippen LogP contribution in [0.4, 0.5) is 0 Å². The van der Waals surface area contributed by atoms with Gasteiger partial charge >= 0.3 is 0 Å². The minimum Gasteiger partial charge on any atom is -0.381 e. The van der Waals surface area contributed by atoms with Crippen LogP contribution >= 0.6 is 0 Å². The van der Waals surface area contributed by atoms with Gasteiger partial charge in [0, 0.05) is 46.3 Å². The van der Waals surface area contributed by atoms with E-state index in [0.717, 1.165) is 76.1 Å². The summed E-state index contributed by atoms with van der Waals surface area (Å²) in [5.74, 6) is 4.34. The Bertz CT molecular complexity index is 535. The van der Waals surface area contributed by atoms with Crippen LogP contribution in [0.25, 0.3) is 0 Å². The molecule has 3 heterocycles. The van der Waals surface area contributed by atoms with Crippen LogP contribution in [0.1, 0.15) is 30.9 Å². The molecule has 0 saturated carbocycles. The maximum atomic E-state index is 5.41. The van der Waals surface area contributed by atoms with Gasteiger partial charge in [0.15, 0.2) is 5.96 Å². The molecule has 2 N–H and O–H groups in total. The van der Waals surface area contributed by atoms with E-state index in [1.54, 1.807) is 0 Å². The van der Waals surface area contributed by atoms with Gasteiger partial charge in [-0.1, -0.05) is 0 Å². The molecule has 0 amide bonds. The molecular formula is C16H28N6O. The molecule has 23 heavy (non-hydrogen) atoms. The Hall–Kier alpha value is -1.63. The number of nitrogens with one attached hydrogen (secondary N) is 2. The van der Waals surface area contributed by atoms with E-state index in [4.69, 9.17) is 4.74 Å². The van der Waals surface area contributed by atoms with E-state index in [-0.39, 0.29) is 0 Å². The molecule has 0 radical (unpaired) electrons. The average molecular weight is 320 g/mol. The molecule has 1 fully saturated rings. The highest BCUT2D eigenvalue weighted by molar-refractivity contribution is 5.79. The number of aryl methyl sites for hydroxylation is 2. The monoisotopic (exact) mass is 320 g/mol. The molecular weight excluding hydrogens is 292 g/mol. The first kappa shape index (κ1) is 16.2. The Morgan fingerprint density at radius 3 is 2.65 bits per heavy atom. The Kier molecular flexibility index (Phi) is 5.48. The second kappa shape index (κ2) is 7.77. The number of ether oxygens (including phenoxy) is 1. The van der Waals surface area contributed by atoms with Gasteiger partial charge in [-0.15, -0.1) is 10.2 Å². The van der Waals surface area contributed by atoms with Gasteiger partial charge in [0.1, 0.15) is 11.6 Å². The predicted octanol–water partition coefficient (Wildman–Crippen LogP) is 0.741. The van der Waals surface area contributed by atoms with Crippen LogP contribution in [0.3, 0.4) is 0 Å². The van der Waals surface area contributed by atoms with E-state index >= 15 is 0 Å². The van der Waals surface area contributed by atoms with Crippen molar-refractivity contribution in [2.45, 2.75) is 39.2 Å². The Morgan fingerprint density at radius 2 is 1.91 bits per heavy atom. The summed E-state index contributed by atoms with van der Waals surface area (Å²) in [5, 5.41) is 15.3. The maximum Gasteiger partial charge on any atom is 0.190 e. The van der Waals surface area contributed by atoms with E-state index in [2.05, 4.69) is 30.4 Å². The van der Waals surface area contributed by atoms with E-state index in [1.165, 1.54) is 0 Å². The topological polar surface area (TPSA) is 76.4 Å². The number of rotatable bonds is 4. The zero-order chi connectivity index (χ0) is 16.1. The van der Waals surface area contributed by atoms with E-state index in [0.29, 0.717) is 11.8 Å². The summed E-state index contributed by atoms with van der Waals surface area (Å²) in [4.78, 5) is 4.34. The molecule has 0 spiro atoms. The predicted molar refractivity (Wildman–Crippen MR) is 89.5 cm³/mol. The zero-order valence-corrected chi connectivity index (χ0v) is 14.2. The largest absolute Gasteiger partial charge is 0.381 e. The molecule has 3 rings (SSSR count). The summed E-state index contributed by atoms with van der Waals surface area (Å²) in [5.41, 5.74) is 0. The zero-order valence-electron chi connectivity index (χ0n) is 14.2. The second-order valence-electron chi connectivity index (χ2n) is 6.57. The van der Waals surface area contributed by atoms with Crippen molar-refractivity contribution in [3.63, 3.8) is 0 Å². The molecule has 1 unspecified atom stereocenters. The Balaban J connectivity index is 1.42. The summed E-state index contributed by atoms with van der Waals surface area (Å²) in [6, 6.07) is 0. The van der Waals surface area contributed by atoms with Crippen molar-refractivity contribution in [2.24, 2.45) is 16.8 Å². The first-order valence-electron chi connectivity index (χ1n) is 8.67. The molecule has 7 heteroatoms. The molecule has 1 aromatic heterocycles. The van der Waals surface area contributed by atoms with Crippen molar-refractivity contribution >= 4 is 5.96 Å². The van der Waals surface area contributed by atoms with Crippen LogP contribution < -0.4 is 10.6 Å². The molecule has 0 aliphatic carbocycles. The van der Waals surface area contributed by atoms with Crippen LogP contribution in [0.2, 0.25) is 0 Å². The number of aliphatic imine (C=N–C) groups is 1. The highest BCUT2D eigenvalue weighted by Crippen LogP contribution is 2.19. The standard InChI is InChI=1S/C16H28N6O/c1-12-20-21-15-4-3-14(11-22(12)15)10-19-16(17-2)18-9-13-5-7-23-8-6-13/h13-14H,3-11H2,1-2H3,(H2,17,18,19). The van der Waals surface area contributed by atoms with Gasteiger partial charge in [0.05, 0.1) is 0 Å². The van der Waals surface area contributed by atoms with Crippen LogP contribution in [-0.2, 0) is 17.7 Å². The van der Waals surface area contributed by atoms with Crippen LogP contribution in [0, 0.1) is 18.8 Å². The van der Waals surface area contributed by atoms with Crippen molar-refractivity contribution in [2.75, 3.05) is 33.4 Å². The minimum atomic E-state index is 0.596. The normalized spacial score (nSPS) is 22.7. The third-order valence-corrected chi connectivity index (χ3v) is 4.91. The molecule has 1 aromatic rings. The second-order valence-corrected chi connectivity index (χ2v) is 6.57. The highest BCUT2D eigenvalue weighted by Gasteiger charge is 2.21. The maximum absolute atomic E-state index is 5.41. The van der Waals surface area contributed by atoms with Gasteiger partial charge in [-0.25, -0.2) is 0 Å². The van der Waals surface area contributed by atoms with E-state index < -0.39 is 0 Å². The lowest BCUT2D eigenvalue weighted by Gasteiger charge is -2.26. The van der Waals surface area contributed by atoms with Gasteiger partial charge < -0.3 is 19.9 Å². The average Bonchev–Trinajstić information content (AvgIpc) is 2.97. The fourth-order valence-corrected chi connectivity index (χ4v) is 3.35. The fourth-order valence-electron chi connectivity index (χ4n) is 3.35. The van der Waals surface area contributed by atoms with Crippen LogP contribution in [0.5, 0.6) is 0 Å². The number of hydrogen-bond acceptors (Lipinski definition) is 4. The first-order chi connectivity index (χ1) is 11.3. The fraction of sp³-hybridized carbons (Fsp3) is 0.812. The number of aromatic nitrogens is 3. The summed E-state index contributed by atoms with van der Waals surface area (Å²) < 4.78 is 7.65. The molecule has 128 valence electrons. The summed E-state index contributed by atoms with van der Waals surface area (Å²) in [6.45, 7) is 6.72. The number of guanidine groups is 1. The highest BCUT2D eigenvalue weighted by atomic mass is 16.5. The van der Waals surface area contributed by atoms with Gasteiger partial charge in [0.25, 0.3) is 0 Å². The number of hydrogen-bond donors (Lipinski definition) is 2. The quantitative estimate of drug-likeness (QED) is 0.632. The van der Waals surface area contributed by atoms with E-state index in [9.17, 15) is 0 Å². The van der Waals surface area contributed by atoms with Gasteiger partial charge in [-0.3, -0.25) is 4.99 Å². The molecule has 1 atom stereocenters. The van der Waals surface area contributed by atoms with E-state index in [1.807, 2.05) is 14.0 Å². The first-order valence-corrected chi connectivity index (χ1v) is 8.67. The smallest absolute Gasteiger partial charge is 0.190 e. The molecule has 0 bridgehead atoms. The lowest BCUT2D eigenvalue weighted by Crippen LogP contribution is -2.43. The SMILES string of the molecule is CN=C(NCC1CCOCC1)NCC1CCc2nnc(C)n2C1. The molecule has 2 aliphatic rings. The number of nitrogens with zero attached hydrogens (tertiary/aromatic N) is 4. The lowest BCUT2D eigenvalue weighted by atomic mass is 9.99. The molecule has 2 aliphatic heterocycles. The molecule has 7 nitrogen and oxygen atoms in total. The lowest BCUT2D eigenvalue weighted by molar-refractivity contribution is 0.0675. The third-order valence-electron chi connectivity index (χ3n) is 4.91. The Labute approximate surface area is 137 Å². The minimum absolute atomic E-state index is 0.596. The Morgan fingerprint density at radius 1 is 1.17 bits per heavy atom. The van der Waals surface area contributed by atoms with Crippen molar-refractivity contribution in [1.82, 2.24) is 25.4 Å². The van der Waals surface area contributed by atoms with Crippen molar-refractivity contribution in [3.05, 3.63) is 11.6 Å². The van der Waals surface area contributed by atoms with Crippen molar-refractivity contribution in [1.29, 1.82) is 0 Å². The third kappa shape index (κ3) is 4.22. The summed E-state index contributed by atoms with van der Waals surface area (Å²) >= 11 is 0. The number of fused-ring (bicyclic) bond motifs is 1. The van der Waals surface area contributed by atoms with Gasteiger partial charge in [0.2, 0.25) is 0 Å². The van der Waals surface area contributed by atoms with Crippen molar-refractivity contribution < 1.29 is 4.74 Å². The van der Waals surface area contributed by atoms with Gasteiger partial charge in [-0.05, 0) is 38.0 Å². The summed E-state index contributed by atoms with van der Waals surface area (Å²) in [6.07, 6.45) is 4.45. The van der Waals surface area contributed by atoms with Crippen molar-refractivity contribution in [3.8, 4) is 0 Å². The van der Waals surface area contributed by atoms with Gasteiger partial charge in [-0.2, -0.15) is 0 Å². The van der Waals surface area contributed by atoms with Crippen LogP contribution in [0.15, 0.2) is 4.99 Å². The molecule has 0 aromatic carbocycles. The molecule has 1 saturated heterocycles.